The number of methoxy groups -OCH3 is 1. The fourth-order valence-corrected chi connectivity index (χ4v) is 2.00. The average Bonchev–Trinajstić information content (AvgIpc) is 2.29. The van der Waals surface area contributed by atoms with Gasteiger partial charge in [0.1, 0.15) is 0 Å². The number of hydrogen-bond acceptors (Lipinski definition) is 3. The molecule has 0 saturated carbocycles. The molecule has 4 heteroatoms. The van der Waals surface area contributed by atoms with Crippen LogP contribution in [0.25, 0.3) is 0 Å². The van der Waals surface area contributed by atoms with E-state index in [0.29, 0.717) is 12.6 Å². The molecule has 0 radical (unpaired) electrons. The van der Waals surface area contributed by atoms with Crippen LogP contribution in [0.5, 0.6) is 0 Å². The van der Waals surface area contributed by atoms with Crippen molar-refractivity contribution in [3.63, 3.8) is 0 Å². The lowest BCUT2D eigenvalue weighted by atomic mass is 9.94. The summed E-state index contributed by atoms with van der Waals surface area (Å²) in [6.07, 6.45) is 2.98. The molecule has 1 rings (SSSR count). The van der Waals surface area contributed by atoms with Crippen molar-refractivity contribution in [1.29, 1.82) is 0 Å². The van der Waals surface area contributed by atoms with Gasteiger partial charge in [0.05, 0.1) is 18.6 Å². The van der Waals surface area contributed by atoms with E-state index in [0.717, 1.165) is 25.8 Å². The lowest BCUT2D eigenvalue weighted by molar-refractivity contribution is -0.126. The van der Waals surface area contributed by atoms with Gasteiger partial charge >= 0.3 is 0 Å². The average molecular weight is 228 g/mol. The third-order valence-corrected chi connectivity index (χ3v) is 3.24. The Kier molecular flexibility index (Phi) is 5.77. The highest BCUT2D eigenvalue weighted by Gasteiger charge is 2.25. The lowest BCUT2D eigenvalue weighted by Gasteiger charge is -2.28. The maximum absolute atomic E-state index is 11.9. The molecular weight excluding hydrogens is 204 g/mol. The minimum absolute atomic E-state index is 0.127. The zero-order valence-corrected chi connectivity index (χ0v) is 10.6. The molecule has 1 fully saturated rings. The van der Waals surface area contributed by atoms with Gasteiger partial charge in [-0.2, -0.15) is 0 Å². The van der Waals surface area contributed by atoms with E-state index in [4.69, 9.17) is 4.74 Å². The highest BCUT2D eigenvalue weighted by molar-refractivity contribution is 5.79. The van der Waals surface area contributed by atoms with Gasteiger partial charge in [0.2, 0.25) is 5.91 Å². The summed E-state index contributed by atoms with van der Waals surface area (Å²) < 4.78 is 5.07. The monoisotopic (exact) mass is 228 g/mol. The Labute approximate surface area is 98.1 Å². The summed E-state index contributed by atoms with van der Waals surface area (Å²) in [6, 6.07) is 0.696. The molecular formula is C12H24N2O2. The van der Waals surface area contributed by atoms with Crippen molar-refractivity contribution in [3.05, 3.63) is 0 Å². The number of nitrogens with one attached hydrogen (secondary N) is 2. The van der Waals surface area contributed by atoms with Crippen molar-refractivity contribution < 1.29 is 9.53 Å². The zero-order valence-electron chi connectivity index (χ0n) is 10.6. The summed E-state index contributed by atoms with van der Waals surface area (Å²) in [4.78, 5) is 11.9. The standard InChI is InChI=1S/C12H24N2O2/c1-4-11(8-16-3)14-12(15)10-6-5-9(2)13-7-10/h9-11,13H,4-8H2,1-3H3,(H,14,15). The first-order valence-electron chi connectivity index (χ1n) is 6.20. The summed E-state index contributed by atoms with van der Waals surface area (Å²) in [5.74, 6) is 0.297. The second kappa shape index (κ2) is 6.86. The predicted octanol–water partition coefficient (Wildman–Crippen LogP) is 0.916. The van der Waals surface area contributed by atoms with Crippen LogP contribution in [0.3, 0.4) is 0 Å². The highest BCUT2D eigenvalue weighted by atomic mass is 16.5. The number of ether oxygens (including phenoxy) is 1. The molecule has 0 bridgehead atoms. The van der Waals surface area contributed by atoms with Crippen LogP contribution < -0.4 is 10.6 Å². The van der Waals surface area contributed by atoms with Crippen LogP contribution in [0.15, 0.2) is 0 Å². The second-order valence-corrected chi connectivity index (χ2v) is 4.65. The van der Waals surface area contributed by atoms with Gasteiger partial charge in [-0.3, -0.25) is 4.79 Å². The molecule has 1 heterocycles. The van der Waals surface area contributed by atoms with Gasteiger partial charge in [0.15, 0.2) is 0 Å². The second-order valence-electron chi connectivity index (χ2n) is 4.65. The van der Waals surface area contributed by atoms with E-state index in [1.54, 1.807) is 7.11 Å². The fraction of sp³-hybridized carbons (Fsp3) is 0.917. The van der Waals surface area contributed by atoms with Crippen LogP contribution in [-0.2, 0) is 9.53 Å². The molecule has 0 aliphatic carbocycles. The molecule has 16 heavy (non-hydrogen) atoms. The van der Waals surface area contributed by atoms with Crippen molar-refractivity contribution >= 4 is 5.91 Å². The van der Waals surface area contributed by atoms with E-state index in [2.05, 4.69) is 24.5 Å². The Morgan fingerprint density at radius 2 is 2.31 bits per heavy atom. The minimum Gasteiger partial charge on any atom is -0.383 e. The molecule has 3 unspecified atom stereocenters. The van der Waals surface area contributed by atoms with E-state index < -0.39 is 0 Å². The molecule has 3 atom stereocenters. The Bertz CT molecular complexity index is 213. The first-order valence-corrected chi connectivity index (χ1v) is 6.20. The van der Waals surface area contributed by atoms with Gasteiger partial charge in [-0.05, 0) is 26.2 Å². The summed E-state index contributed by atoms with van der Waals surface area (Å²) in [5, 5.41) is 6.39. The summed E-state index contributed by atoms with van der Waals surface area (Å²) in [5.41, 5.74) is 0. The van der Waals surface area contributed by atoms with Crippen LogP contribution in [0.2, 0.25) is 0 Å². The molecule has 1 aliphatic rings. The number of rotatable bonds is 5. The molecule has 2 N–H and O–H groups in total. The number of carbonyl (C=O) groups excluding carboxylic acids is 1. The van der Waals surface area contributed by atoms with Crippen LogP contribution in [0, 0.1) is 5.92 Å². The highest BCUT2D eigenvalue weighted by Crippen LogP contribution is 2.14. The first kappa shape index (κ1) is 13.5. The van der Waals surface area contributed by atoms with E-state index in [-0.39, 0.29) is 17.9 Å². The molecule has 1 amide bonds. The SMILES string of the molecule is CCC(COC)NC(=O)C1CCC(C)NC1. The molecule has 1 saturated heterocycles. The van der Waals surface area contributed by atoms with E-state index in [1.807, 2.05) is 0 Å². The third-order valence-electron chi connectivity index (χ3n) is 3.24. The van der Waals surface area contributed by atoms with E-state index in [1.165, 1.54) is 0 Å². The van der Waals surface area contributed by atoms with Crippen molar-refractivity contribution in [2.75, 3.05) is 20.3 Å². The zero-order chi connectivity index (χ0) is 12.0. The molecule has 4 nitrogen and oxygen atoms in total. The van der Waals surface area contributed by atoms with Gasteiger partial charge in [-0.25, -0.2) is 0 Å². The Hall–Kier alpha value is -0.610. The minimum atomic E-state index is 0.127. The quantitative estimate of drug-likeness (QED) is 0.735. The number of carbonyl (C=O) groups is 1. The Morgan fingerprint density at radius 1 is 1.56 bits per heavy atom. The van der Waals surface area contributed by atoms with Crippen LogP contribution in [-0.4, -0.2) is 38.3 Å². The molecule has 0 aromatic heterocycles. The smallest absolute Gasteiger partial charge is 0.224 e. The summed E-state index contributed by atoms with van der Waals surface area (Å²) in [7, 11) is 1.67. The molecule has 94 valence electrons. The Morgan fingerprint density at radius 3 is 2.81 bits per heavy atom. The van der Waals surface area contributed by atoms with Crippen LogP contribution in [0.4, 0.5) is 0 Å². The summed E-state index contributed by atoms with van der Waals surface area (Å²) in [6.45, 7) is 5.62. The van der Waals surface area contributed by atoms with Gasteiger partial charge in [-0.1, -0.05) is 6.92 Å². The lowest BCUT2D eigenvalue weighted by Crippen LogP contribution is -2.47. The Balaban J connectivity index is 2.33. The van der Waals surface area contributed by atoms with Crippen molar-refractivity contribution in [2.24, 2.45) is 5.92 Å². The van der Waals surface area contributed by atoms with Gasteiger partial charge in [0, 0.05) is 19.7 Å². The number of hydrogen-bond donors (Lipinski definition) is 2. The molecule has 0 aromatic rings. The van der Waals surface area contributed by atoms with Crippen LogP contribution >= 0.6 is 0 Å². The maximum Gasteiger partial charge on any atom is 0.224 e. The van der Waals surface area contributed by atoms with Crippen molar-refractivity contribution in [3.8, 4) is 0 Å². The van der Waals surface area contributed by atoms with Gasteiger partial charge in [0.25, 0.3) is 0 Å². The largest absolute Gasteiger partial charge is 0.383 e. The topological polar surface area (TPSA) is 50.4 Å². The predicted molar refractivity (Wildman–Crippen MR) is 64.3 cm³/mol. The summed E-state index contributed by atoms with van der Waals surface area (Å²) >= 11 is 0. The van der Waals surface area contributed by atoms with Gasteiger partial charge < -0.3 is 15.4 Å². The first-order chi connectivity index (χ1) is 7.67. The number of amides is 1. The van der Waals surface area contributed by atoms with E-state index in [9.17, 15) is 4.79 Å². The molecule has 0 spiro atoms. The normalized spacial score (nSPS) is 27.4. The maximum atomic E-state index is 11.9. The van der Waals surface area contributed by atoms with Gasteiger partial charge in [-0.15, -0.1) is 0 Å². The fourth-order valence-electron chi connectivity index (χ4n) is 2.00. The number of piperidine rings is 1. The molecule has 1 aliphatic heterocycles. The third kappa shape index (κ3) is 4.10. The van der Waals surface area contributed by atoms with Crippen LogP contribution in [0.1, 0.15) is 33.1 Å². The van der Waals surface area contributed by atoms with E-state index >= 15 is 0 Å². The van der Waals surface area contributed by atoms with Crippen molar-refractivity contribution in [1.82, 2.24) is 10.6 Å². The van der Waals surface area contributed by atoms with Crippen molar-refractivity contribution in [2.45, 2.75) is 45.2 Å². The molecule has 0 aromatic carbocycles.